The van der Waals surface area contributed by atoms with Gasteiger partial charge in [0.2, 0.25) is 0 Å². The van der Waals surface area contributed by atoms with E-state index in [9.17, 15) is 9.36 Å². The van der Waals surface area contributed by atoms with E-state index in [1.54, 1.807) is 0 Å². The molecule has 0 saturated carbocycles. The van der Waals surface area contributed by atoms with E-state index in [1.807, 2.05) is 0 Å². The third kappa shape index (κ3) is 19.2. The van der Waals surface area contributed by atoms with E-state index in [0.29, 0.717) is 0 Å². The van der Waals surface area contributed by atoms with Gasteiger partial charge in [0.15, 0.2) is 8.03 Å². The summed E-state index contributed by atoms with van der Waals surface area (Å²) in [6.45, 7) is 1.12. The predicted molar refractivity (Wildman–Crippen MR) is 57.7 cm³/mol. The molecule has 0 bridgehead atoms. The molecule has 8 heteroatoms. The maximum absolute atomic E-state index is 10.7. The molecule has 3 N–H and O–H groups in total. The highest BCUT2D eigenvalue weighted by molar-refractivity contribution is 7.38. The summed E-state index contributed by atoms with van der Waals surface area (Å²) in [6.07, 6.45) is 0.0737. The molecule has 0 aromatic carbocycles. The van der Waals surface area contributed by atoms with Gasteiger partial charge in [0, 0.05) is 6.66 Å². The van der Waals surface area contributed by atoms with Gasteiger partial charge in [-0.3, -0.25) is 9.36 Å². The van der Waals surface area contributed by atoms with Crippen molar-refractivity contribution in [2.45, 2.75) is 6.42 Å². The molecule has 0 spiro atoms. The lowest BCUT2D eigenvalue weighted by Crippen LogP contribution is -2.09. The molecule has 0 aromatic heterocycles. The monoisotopic (exact) mass is 258 g/mol. The van der Waals surface area contributed by atoms with Crippen LogP contribution in [0.4, 0.5) is 0 Å². The molecule has 0 aromatic rings. The molecule has 0 aliphatic carbocycles. The van der Waals surface area contributed by atoms with Crippen LogP contribution in [-0.4, -0.2) is 61.0 Å². The second-order valence-corrected chi connectivity index (χ2v) is 3.75. The van der Waals surface area contributed by atoms with Crippen LogP contribution in [0.3, 0.4) is 0 Å². The number of rotatable bonds is 7. The number of carbonyl (C=O) groups excluding carboxylic acids is 1. The maximum atomic E-state index is 10.7. The zero-order valence-corrected chi connectivity index (χ0v) is 10.2. The summed E-state index contributed by atoms with van der Waals surface area (Å²) in [5.74, 6) is -0.452. The maximum Gasteiger partial charge on any atom is 0.308 e. The van der Waals surface area contributed by atoms with E-state index >= 15 is 0 Å². The molecule has 16 heavy (non-hydrogen) atoms. The Morgan fingerprint density at radius 1 is 1.12 bits per heavy atom. The van der Waals surface area contributed by atoms with Crippen LogP contribution in [0.15, 0.2) is 0 Å². The van der Waals surface area contributed by atoms with E-state index < -0.39 is 14.0 Å². The molecule has 0 aliphatic rings. The number of carbonyl (C=O) groups is 1. The minimum atomic E-state index is -1.96. The molecule has 98 valence electrons. The van der Waals surface area contributed by atoms with Crippen molar-refractivity contribution in [1.29, 1.82) is 0 Å². The number of esters is 1. The summed E-state index contributed by atoms with van der Waals surface area (Å²) in [6, 6.07) is 0. The minimum Gasteiger partial charge on any atom is -0.463 e. The first-order chi connectivity index (χ1) is 7.58. The number of aliphatic hydroxyl groups is 3. The smallest absolute Gasteiger partial charge is 0.308 e. The SMILES string of the molecule is C[PH](=O)OCCC(=O)OCCO.OCCO. The van der Waals surface area contributed by atoms with Crippen LogP contribution in [-0.2, 0) is 18.6 Å². The summed E-state index contributed by atoms with van der Waals surface area (Å²) >= 11 is 0. The highest BCUT2D eigenvalue weighted by Gasteiger charge is 2.02. The largest absolute Gasteiger partial charge is 0.463 e. The zero-order chi connectivity index (χ0) is 12.8. The van der Waals surface area contributed by atoms with Crippen LogP contribution in [0, 0.1) is 0 Å². The van der Waals surface area contributed by atoms with E-state index in [0.717, 1.165) is 0 Å². The summed E-state index contributed by atoms with van der Waals surface area (Å²) < 4.78 is 19.6. The Bertz CT molecular complexity index is 183. The van der Waals surface area contributed by atoms with Gasteiger partial charge >= 0.3 is 5.97 Å². The molecule has 0 radical (unpaired) electrons. The van der Waals surface area contributed by atoms with Gasteiger partial charge in [0.25, 0.3) is 0 Å². The highest BCUT2D eigenvalue weighted by atomic mass is 31.1. The van der Waals surface area contributed by atoms with Crippen LogP contribution in [0.2, 0.25) is 0 Å². The zero-order valence-electron chi connectivity index (χ0n) is 9.22. The first-order valence-corrected chi connectivity index (χ1v) is 6.51. The fourth-order valence-corrected chi connectivity index (χ4v) is 0.899. The van der Waals surface area contributed by atoms with E-state index in [4.69, 9.17) is 15.3 Å². The quantitative estimate of drug-likeness (QED) is 0.396. The van der Waals surface area contributed by atoms with Gasteiger partial charge in [-0.2, -0.15) is 0 Å². The molecule has 0 saturated heterocycles. The summed E-state index contributed by atoms with van der Waals surface area (Å²) in [7, 11) is -1.96. The van der Waals surface area contributed by atoms with Crippen LogP contribution in [0.1, 0.15) is 6.42 Å². The Hall–Kier alpha value is -0.460. The Balaban J connectivity index is 0. The van der Waals surface area contributed by atoms with Crippen molar-refractivity contribution in [3.05, 3.63) is 0 Å². The topological polar surface area (TPSA) is 113 Å². The van der Waals surface area contributed by atoms with Gasteiger partial charge in [-0.1, -0.05) is 0 Å². The van der Waals surface area contributed by atoms with E-state index in [2.05, 4.69) is 9.26 Å². The summed E-state index contributed by atoms with van der Waals surface area (Å²) in [5.41, 5.74) is 0. The fraction of sp³-hybridized carbons (Fsp3) is 0.875. The third-order valence-corrected chi connectivity index (χ3v) is 1.68. The second kappa shape index (κ2) is 14.5. The van der Waals surface area contributed by atoms with Gasteiger partial charge < -0.3 is 24.6 Å². The Labute approximate surface area is 94.9 Å². The molecule has 1 atom stereocenters. The average molecular weight is 258 g/mol. The van der Waals surface area contributed by atoms with Gasteiger partial charge in [-0.25, -0.2) is 0 Å². The molecule has 0 fully saturated rings. The van der Waals surface area contributed by atoms with Crippen LogP contribution in [0.5, 0.6) is 0 Å². The van der Waals surface area contributed by atoms with E-state index in [-0.39, 0.29) is 39.5 Å². The normalized spacial score (nSPS) is 11.2. The Morgan fingerprint density at radius 2 is 1.69 bits per heavy atom. The first kappa shape index (κ1) is 17.9. The van der Waals surface area contributed by atoms with E-state index in [1.165, 1.54) is 6.66 Å². The van der Waals surface area contributed by atoms with Crippen molar-refractivity contribution in [2.24, 2.45) is 0 Å². The highest BCUT2D eigenvalue weighted by Crippen LogP contribution is 2.14. The lowest BCUT2D eigenvalue weighted by molar-refractivity contribution is -0.145. The first-order valence-electron chi connectivity index (χ1n) is 4.70. The number of hydrogen-bond donors (Lipinski definition) is 3. The molecule has 0 aliphatic heterocycles. The predicted octanol–water partition coefficient (Wildman–Crippen LogP) is -0.996. The average Bonchev–Trinajstić information content (AvgIpc) is 2.26. The van der Waals surface area contributed by atoms with Crippen molar-refractivity contribution >= 4 is 14.0 Å². The van der Waals surface area contributed by atoms with Gasteiger partial charge in [0.1, 0.15) is 6.61 Å². The number of ether oxygens (including phenoxy) is 1. The Morgan fingerprint density at radius 3 is 2.06 bits per heavy atom. The van der Waals surface area contributed by atoms with Crippen molar-refractivity contribution in [1.82, 2.24) is 0 Å². The molecular weight excluding hydrogens is 239 g/mol. The van der Waals surface area contributed by atoms with Gasteiger partial charge in [-0.15, -0.1) is 0 Å². The molecular formula is C8H19O7P. The fourth-order valence-electron chi connectivity index (χ4n) is 0.510. The van der Waals surface area contributed by atoms with Crippen molar-refractivity contribution in [3.63, 3.8) is 0 Å². The molecule has 0 amide bonds. The molecule has 0 heterocycles. The van der Waals surface area contributed by atoms with Crippen molar-refractivity contribution in [3.8, 4) is 0 Å². The lowest BCUT2D eigenvalue weighted by Gasteiger charge is -2.01. The van der Waals surface area contributed by atoms with Gasteiger partial charge in [0.05, 0.1) is 32.8 Å². The molecule has 7 nitrogen and oxygen atoms in total. The van der Waals surface area contributed by atoms with Crippen LogP contribution >= 0.6 is 8.03 Å². The van der Waals surface area contributed by atoms with Crippen molar-refractivity contribution in [2.75, 3.05) is 39.7 Å². The number of aliphatic hydroxyl groups excluding tert-OH is 3. The van der Waals surface area contributed by atoms with Crippen LogP contribution in [0.25, 0.3) is 0 Å². The minimum absolute atomic E-state index is 0.000142. The van der Waals surface area contributed by atoms with Crippen molar-refractivity contribution < 1.29 is 33.9 Å². The standard InChI is InChI=1S/C6H13O5P.C2H6O2/c1-12(9)11-4-2-6(8)10-5-3-7;3-1-2-4/h7,12H,2-5H2,1H3;3-4H,1-2H2. The Kier molecular flexibility index (Phi) is 16.3. The second-order valence-electron chi connectivity index (χ2n) is 2.48. The van der Waals surface area contributed by atoms with Crippen LogP contribution < -0.4 is 0 Å². The van der Waals surface area contributed by atoms with Gasteiger partial charge in [-0.05, 0) is 0 Å². The number of hydrogen-bond acceptors (Lipinski definition) is 7. The lowest BCUT2D eigenvalue weighted by atomic mass is 10.5. The third-order valence-electron chi connectivity index (χ3n) is 1.07. The summed E-state index contributed by atoms with van der Waals surface area (Å²) in [4.78, 5) is 10.7. The molecule has 0 rings (SSSR count). The summed E-state index contributed by atoms with van der Waals surface area (Å²) in [5, 5.41) is 23.5. The molecule has 1 unspecified atom stereocenters.